The normalized spacial score (nSPS) is 16.7. The number of esters is 2. The van der Waals surface area contributed by atoms with Crippen LogP contribution in [-0.4, -0.2) is 24.6 Å². The van der Waals surface area contributed by atoms with Gasteiger partial charge >= 0.3 is 11.9 Å². The molecule has 1 aliphatic rings. The topological polar surface area (TPSA) is 65.7 Å². The lowest BCUT2D eigenvalue weighted by molar-refractivity contribution is -0.155. The van der Waals surface area contributed by atoms with Crippen molar-refractivity contribution >= 4 is 22.9 Å². The summed E-state index contributed by atoms with van der Waals surface area (Å²) in [6.45, 7) is 12.9. The van der Waals surface area contributed by atoms with Gasteiger partial charge in [0, 0.05) is 29.4 Å². The molecule has 222 valence electrons. The Morgan fingerprint density at radius 1 is 1.02 bits per heavy atom. The molecule has 0 amide bonds. The zero-order valence-electron chi connectivity index (χ0n) is 25.9. The molecular weight excluding hydrogens is 524 g/mol. The van der Waals surface area contributed by atoms with Crippen LogP contribution in [-0.2, 0) is 25.5 Å². The molecule has 2 atom stereocenters. The maximum atomic E-state index is 12.8. The highest BCUT2D eigenvalue weighted by Crippen LogP contribution is 2.28. The minimum Gasteiger partial charge on any atom is -0.462 e. The van der Waals surface area contributed by atoms with Gasteiger partial charge < -0.3 is 13.9 Å². The highest BCUT2D eigenvalue weighted by molar-refractivity contribution is 5.90. The predicted molar refractivity (Wildman–Crippen MR) is 167 cm³/mol. The number of rotatable bonds is 11. The number of ether oxygens (including phenoxy) is 2. The molecule has 0 bridgehead atoms. The minimum atomic E-state index is -0.436. The Labute approximate surface area is 250 Å². The fourth-order valence-electron chi connectivity index (χ4n) is 5.58. The van der Waals surface area contributed by atoms with E-state index >= 15 is 0 Å². The van der Waals surface area contributed by atoms with Gasteiger partial charge in [0.25, 0.3) is 0 Å². The molecule has 0 spiro atoms. The average molecular weight is 569 g/mol. The zero-order valence-corrected chi connectivity index (χ0v) is 25.9. The first-order valence-electron chi connectivity index (χ1n) is 15.2. The lowest BCUT2D eigenvalue weighted by atomic mass is 9.86. The van der Waals surface area contributed by atoms with Gasteiger partial charge in [-0.05, 0) is 68.2 Å². The molecule has 5 heteroatoms. The first kappa shape index (κ1) is 31.2. The van der Waals surface area contributed by atoms with Crippen molar-refractivity contribution in [3.05, 3.63) is 82.6 Å². The summed E-state index contributed by atoms with van der Waals surface area (Å²) in [6.07, 6.45) is 5.65. The van der Waals surface area contributed by atoms with E-state index in [1.54, 1.807) is 0 Å². The van der Waals surface area contributed by atoms with Crippen LogP contribution in [0.25, 0.3) is 11.0 Å². The first-order valence-corrected chi connectivity index (χ1v) is 15.2. The van der Waals surface area contributed by atoms with E-state index in [0.29, 0.717) is 47.5 Å². The number of furan rings is 1. The van der Waals surface area contributed by atoms with Crippen molar-refractivity contribution in [1.29, 1.82) is 0 Å². The van der Waals surface area contributed by atoms with Crippen LogP contribution >= 0.6 is 0 Å². The summed E-state index contributed by atoms with van der Waals surface area (Å²) in [5.41, 5.74) is 4.36. The molecular formula is C37H44O5. The molecule has 4 rings (SSSR count). The molecule has 1 saturated heterocycles. The van der Waals surface area contributed by atoms with E-state index < -0.39 is 12.0 Å². The fourth-order valence-corrected chi connectivity index (χ4v) is 5.58. The predicted octanol–water partition coefficient (Wildman–Crippen LogP) is 8.20. The van der Waals surface area contributed by atoms with Crippen LogP contribution < -0.4 is 0 Å². The van der Waals surface area contributed by atoms with Crippen LogP contribution in [0, 0.1) is 42.4 Å². The van der Waals surface area contributed by atoms with Crippen LogP contribution in [0.3, 0.4) is 0 Å². The molecule has 0 N–H and O–H groups in total. The molecule has 1 fully saturated rings. The lowest BCUT2D eigenvalue weighted by Gasteiger charge is -2.19. The number of cyclic esters (lactones) is 1. The van der Waals surface area contributed by atoms with E-state index in [1.807, 2.05) is 61.5 Å². The zero-order chi connectivity index (χ0) is 30.2. The summed E-state index contributed by atoms with van der Waals surface area (Å²) in [5, 5.41) is 0.947. The fraction of sp³-hybridized carbons (Fsp3) is 0.459. The largest absolute Gasteiger partial charge is 0.462 e. The summed E-state index contributed by atoms with van der Waals surface area (Å²) in [4.78, 5) is 25.3. The van der Waals surface area contributed by atoms with Crippen LogP contribution in [0.2, 0.25) is 0 Å². The first-order chi connectivity index (χ1) is 20.1. The number of fused-ring (bicyclic) bond motifs is 1. The Bertz CT molecular complexity index is 1450. The second-order valence-electron chi connectivity index (χ2n) is 12.6. The van der Waals surface area contributed by atoms with Crippen molar-refractivity contribution in [1.82, 2.24) is 0 Å². The standard InChI is InChI=1S/C37H44O5/c1-24(2)18-29(19-25(3)4)15-17-32-22-34(42-37(32)39)23-40-36(38)27(6)20-33-21-31-9-7-8-30(35(31)41-33)16-14-28-12-10-26(5)11-13-28/h7-13,17,21,24-25,27,29,34H,15,18-20,22-23H2,1-6H3/b32-17+. The number of hydrogen-bond acceptors (Lipinski definition) is 5. The SMILES string of the molecule is Cc1ccc(C#Cc2cccc3cc(CC(C)C(=O)OCC4C/C(=C\CC(CC(C)C)CC(C)C)C(=O)O4)oc23)cc1. The van der Waals surface area contributed by atoms with E-state index in [4.69, 9.17) is 13.9 Å². The molecule has 0 aliphatic carbocycles. The van der Waals surface area contributed by atoms with Gasteiger partial charge in [0.05, 0.1) is 11.5 Å². The Morgan fingerprint density at radius 2 is 1.74 bits per heavy atom. The average Bonchev–Trinajstić information content (AvgIpc) is 3.51. The number of allylic oxidation sites excluding steroid dienone is 1. The highest BCUT2D eigenvalue weighted by atomic mass is 16.6. The third kappa shape index (κ3) is 8.86. The van der Waals surface area contributed by atoms with E-state index in [0.717, 1.165) is 35.8 Å². The number of benzene rings is 2. The minimum absolute atomic E-state index is 0.0621. The highest BCUT2D eigenvalue weighted by Gasteiger charge is 2.31. The molecule has 1 aromatic heterocycles. The van der Waals surface area contributed by atoms with E-state index in [-0.39, 0.29) is 18.5 Å². The maximum absolute atomic E-state index is 12.8. The molecule has 42 heavy (non-hydrogen) atoms. The van der Waals surface area contributed by atoms with Crippen molar-refractivity contribution < 1.29 is 23.5 Å². The second-order valence-corrected chi connectivity index (χ2v) is 12.6. The smallest absolute Gasteiger partial charge is 0.334 e. The Morgan fingerprint density at radius 3 is 2.43 bits per heavy atom. The number of carbonyl (C=O) groups is 2. The Hall–Kier alpha value is -3.78. The van der Waals surface area contributed by atoms with Gasteiger partial charge in [-0.1, -0.05) is 82.4 Å². The van der Waals surface area contributed by atoms with Gasteiger partial charge in [-0.3, -0.25) is 4.79 Å². The molecule has 2 heterocycles. The quantitative estimate of drug-likeness (QED) is 0.132. The number of hydrogen-bond donors (Lipinski definition) is 0. The summed E-state index contributed by atoms with van der Waals surface area (Å²) in [7, 11) is 0. The van der Waals surface area contributed by atoms with Crippen LogP contribution in [0.4, 0.5) is 0 Å². The van der Waals surface area contributed by atoms with Gasteiger partial charge in [0.15, 0.2) is 0 Å². The molecule has 1 aliphatic heterocycles. The third-order valence-electron chi connectivity index (χ3n) is 7.60. The Balaban J connectivity index is 1.31. The molecule has 5 nitrogen and oxygen atoms in total. The second kappa shape index (κ2) is 14.4. The molecule has 0 saturated carbocycles. The van der Waals surface area contributed by atoms with Crippen molar-refractivity contribution in [2.45, 2.75) is 79.8 Å². The summed E-state index contributed by atoms with van der Waals surface area (Å²) < 4.78 is 17.2. The number of aryl methyl sites for hydroxylation is 1. The van der Waals surface area contributed by atoms with Crippen LogP contribution in [0.15, 0.2) is 64.6 Å². The molecule has 2 unspecified atom stereocenters. The number of carbonyl (C=O) groups excluding carboxylic acids is 2. The van der Waals surface area contributed by atoms with Gasteiger partial charge in [-0.2, -0.15) is 0 Å². The summed E-state index contributed by atoms with van der Waals surface area (Å²) >= 11 is 0. The van der Waals surface area contributed by atoms with Gasteiger partial charge in [-0.15, -0.1) is 0 Å². The monoisotopic (exact) mass is 568 g/mol. The van der Waals surface area contributed by atoms with Gasteiger partial charge in [0.2, 0.25) is 0 Å². The van der Waals surface area contributed by atoms with Crippen LogP contribution in [0.5, 0.6) is 0 Å². The van der Waals surface area contributed by atoms with E-state index in [2.05, 4.69) is 46.5 Å². The number of para-hydroxylation sites is 1. The third-order valence-corrected chi connectivity index (χ3v) is 7.60. The van der Waals surface area contributed by atoms with E-state index in [1.165, 1.54) is 5.56 Å². The Kier molecular flexibility index (Phi) is 10.7. The molecule has 3 aromatic rings. The lowest BCUT2D eigenvalue weighted by Crippen LogP contribution is -2.23. The van der Waals surface area contributed by atoms with Crippen LogP contribution in [0.1, 0.15) is 82.8 Å². The van der Waals surface area contributed by atoms with Gasteiger partial charge in [0.1, 0.15) is 24.1 Å². The van der Waals surface area contributed by atoms with Crippen molar-refractivity contribution in [3.8, 4) is 11.8 Å². The van der Waals surface area contributed by atoms with Crippen molar-refractivity contribution in [3.63, 3.8) is 0 Å². The van der Waals surface area contributed by atoms with Crippen molar-refractivity contribution in [2.75, 3.05) is 6.61 Å². The summed E-state index contributed by atoms with van der Waals surface area (Å²) in [6, 6.07) is 15.9. The molecule has 0 radical (unpaired) electrons. The maximum Gasteiger partial charge on any atom is 0.334 e. The molecule has 2 aromatic carbocycles. The van der Waals surface area contributed by atoms with Crippen molar-refractivity contribution in [2.24, 2.45) is 23.7 Å². The summed E-state index contributed by atoms with van der Waals surface area (Å²) in [5.74, 6) is 7.89. The van der Waals surface area contributed by atoms with Gasteiger partial charge in [-0.25, -0.2) is 4.79 Å². The van der Waals surface area contributed by atoms with E-state index in [9.17, 15) is 9.59 Å².